The molecule has 0 unspecified atom stereocenters. The first-order valence-corrected chi connectivity index (χ1v) is 9.14. The molecule has 2 aromatic carbocycles. The van der Waals surface area contributed by atoms with Crippen LogP contribution in [0.2, 0.25) is 0 Å². The highest BCUT2D eigenvalue weighted by Gasteiger charge is 2.49. The van der Waals surface area contributed by atoms with E-state index in [1.165, 1.54) is 0 Å². The van der Waals surface area contributed by atoms with Gasteiger partial charge in [-0.15, -0.1) is 0 Å². The Bertz CT molecular complexity index is 784. The van der Waals surface area contributed by atoms with Crippen molar-refractivity contribution in [3.05, 3.63) is 71.3 Å². The van der Waals surface area contributed by atoms with Crippen molar-refractivity contribution >= 4 is 11.9 Å². The molecule has 0 aliphatic heterocycles. The number of benzene rings is 2. The molecule has 3 rings (SSSR count). The summed E-state index contributed by atoms with van der Waals surface area (Å²) in [6, 6.07) is 17.4. The minimum absolute atomic E-state index is 0.231. The van der Waals surface area contributed by atoms with Gasteiger partial charge < -0.3 is 9.47 Å². The van der Waals surface area contributed by atoms with E-state index in [0.29, 0.717) is 26.1 Å². The van der Waals surface area contributed by atoms with Gasteiger partial charge in [0.15, 0.2) is 0 Å². The standard InChI is InChI=1S/C22H24O4/c1-3-25-20(23)18-14-15-22(21(24)26-4-2,16-10-6-5-7-11-16)19-13-9-8-12-17(18)19/h5-13,18H,3-4,14-15H2,1-2H3/t18-,22-/m0/s1. The number of carbonyl (C=O) groups excluding carboxylic acids is 2. The summed E-state index contributed by atoms with van der Waals surface area (Å²) in [5.41, 5.74) is 1.70. The second-order valence-corrected chi connectivity index (χ2v) is 6.42. The fourth-order valence-corrected chi connectivity index (χ4v) is 3.93. The van der Waals surface area contributed by atoms with Crippen LogP contribution >= 0.6 is 0 Å². The number of rotatable bonds is 5. The van der Waals surface area contributed by atoms with Gasteiger partial charge in [-0.3, -0.25) is 9.59 Å². The Morgan fingerprint density at radius 2 is 1.62 bits per heavy atom. The summed E-state index contributed by atoms with van der Waals surface area (Å²) in [7, 11) is 0. The number of fused-ring (bicyclic) bond motifs is 1. The summed E-state index contributed by atoms with van der Waals surface area (Å²) in [6.45, 7) is 4.28. The van der Waals surface area contributed by atoms with E-state index < -0.39 is 5.41 Å². The molecule has 0 N–H and O–H groups in total. The average molecular weight is 352 g/mol. The molecule has 0 aromatic heterocycles. The second kappa shape index (κ2) is 7.73. The van der Waals surface area contributed by atoms with Crippen LogP contribution in [0.3, 0.4) is 0 Å². The van der Waals surface area contributed by atoms with Gasteiger partial charge in [0.1, 0.15) is 5.41 Å². The molecule has 0 saturated heterocycles. The molecule has 2 atom stereocenters. The molecule has 2 aromatic rings. The van der Waals surface area contributed by atoms with Gasteiger partial charge in [0.05, 0.1) is 19.1 Å². The lowest BCUT2D eigenvalue weighted by Crippen LogP contribution is -2.43. The van der Waals surface area contributed by atoms with Crippen LogP contribution in [0.15, 0.2) is 54.6 Å². The van der Waals surface area contributed by atoms with E-state index in [-0.39, 0.29) is 17.9 Å². The van der Waals surface area contributed by atoms with Gasteiger partial charge in [-0.2, -0.15) is 0 Å². The van der Waals surface area contributed by atoms with E-state index in [0.717, 1.165) is 16.7 Å². The lowest BCUT2D eigenvalue weighted by molar-refractivity contribution is -0.151. The number of hydrogen-bond donors (Lipinski definition) is 0. The molecule has 4 nitrogen and oxygen atoms in total. The zero-order valence-corrected chi connectivity index (χ0v) is 15.2. The lowest BCUT2D eigenvalue weighted by Gasteiger charge is -2.39. The van der Waals surface area contributed by atoms with E-state index >= 15 is 0 Å². The highest BCUT2D eigenvalue weighted by atomic mass is 16.5. The van der Waals surface area contributed by atoms with Crippen molar-refractivity contribution in [1.82, 2.24) is 0 Å². The van der Waals surface area contributed by atoms with Gasteiger partial charge in [0.25, 0.3) is 0 Å². The number of esters is 2. The summed E-state index contributed by atoms with van der Waals surface area (Å²) in [4.78, 5) is 25.6. The largest absolute Gasteiger partial charge is 0.466 e. The van der Waals surface area contributed by atoms with Crippen LogP contribution < -0.4 is 0 Å². The topological polar surface area (TPSA) is 52.6 Å². The first-order valence-electron chi connectivity index (χ1n) is 9.14. The molecule has 0 saturated carbocycles. The smallest absolute Gasteiger partial charge is 0.321 e. The van der Waals surface area contributed by atoms with Crippen molar-refractivity contribution in [1.29, 1.82) is 0 Å². The first-order chi connectivity index (χ1) is 12.6. The van der Waals surface area contributed by atoms with E-state index in [1.807, 2.05) is 61.5 Å². The molecule has 1 aliphatic carbocycles. The van der Waals surface area contributed by atoms with Crippen molar-refractivity contribution in [2.75, 3.05) is 13.2 Å². The third kappa shape index (κ3) is 3.00. The maximum absolute atomic E-state index is 13.1. The van der Waals surface area contributed by atoms with Crippen molar-refractivity contribution < 1.29 is 19.1 Å². The minimum atomic E-state index is -0.892. The second-order valence-electron chi connectivity index (χ2n) is 6.42. The summed E-state index contributed by atoms with van der Waals surface area (Å²) < 4.78 is 10.7. The monoisotopic (exact) mass is 352 g/mol. The Hall–Kier alpha value is -2.62. The van der Waals surface area contributed by atoms with Crippen LogP contribution in [0.4, 0.5) is 0 Å². The number of ether oxygens (including phenoxy) is 2. The third-order valence-corrected chi connectivity index (χ3v) is 5.07. The van der Waals surface area contributed by atoms with E-state index in [1.54, 1.807) is 6.92 Å². The molecule has 4 heteroatoms. The highest BCUT2D eigenvalue weighted by Crippen LogP contribution is 2.48. The molecule has 136 valence electrons. The zero-order chi connectivity index (χ0) is 18.6. The van der Waals surface area contributed by atoms with Gasteiger partial charge in [0.2, 0.25) is 0 Å². The fraction of sp³-hybridized carbons (Fsp3) is 0.364. The molecular weight excluding hydrogens is 328 g/mol. The Kier molecular flexibility index (Phi) is 5.40. The quantitative estimate of drug-likeness (QED) is 0.764. The molecule has 0 spiro atoms. The van der Waals surface area contributed by atoms with Crippen molar-refractivity contribution in [3.63, 3.8) is 0 Å². The predicted molar refractivity (Wildman–Crippen MR) is 98.9 cm³/mol. The highest BCUT2D eigenvalue weighted by molar-refractivity contribution is 5.91. The predicted octanol–water partition coefficient (Wildman–Crippen LogP) is 3.98. The zero-order valence-electron chi connectivity index (χ0n) is 15.2. The maximum Gasteiger partial charge on any atom is 0.321 e. The molecule has 26 heavy (non-hydrogen) atoms. The summed E-state index contributed by atoms with van der Waals surface area (Å²) >= 11 is 0. The van der Waals surface area contributed by atoms with Gasteiger partial charge in [0, 0.05) is 0 Å². The molecule has 0 bridgehead atoms. The summed E-state index contributed by atoms with van der Waals surface area (Å²) in [6.07, 6.45) is 1.06. The Balaban J connectivity index is 2.18. The van der Waals surface area contributed by atoms with Crippen LogP contribution in [-0.4, -0.2) is 25.2 Å². The van der Waals surface area contributed by atoms with Gasteiger partial charge >= 0.3 is 11.9 Å². The summed E-state index contributed by atoms with van der Waals surface area (Å²) in [5, 5.41) is 0. The van der Waals surface area contributed by atoms with Crippen LogP contribution in [0, 0.1) is 0 Å². The molecular formula is C22H24O4. The van der Waals surface area contributed by atoms with Crippen LogP contribution in [-0.2, 0) is 24.5 Å². The van der Waals surface area contributed by atoms with E-state index in [9.17, 15) is 9.59 Å². The van der Waals surface area contributed by atoms with Crippen LogP contribution in [0.1, 0.15) is 49.3 Å². The lowest BCUT2D eigenvalue weighted by atomic mass is 9.63. The van der Waals surface area contributed by atoms with Crippen molar-refractivity contribution in [2.24, 2.45) is 0 Å². The number of carbonyl (C=O) groups is 2. The molecule has 0 amide bonds. The summed E-state index contributed by atoms with van der Waals surface area (Å²) in [5.74, 6) is -0.844. The SMILES string of the molecule is CCOC(=O)[C@H]1CC[C@](C(=O)OCC)(c2ccccc2)c2ccccc21. The molecule has 1 aliphatic rings. The Morgan fingerprint density at radius 3 is 2.31 bits per heavy atom. The van der Waals surface area contributed by atoms with Gasteiger partial charge in [-0.05, 0) is 43.4 Å². The molecule has 0 heterocycles. The van der Waals surface area contributed by atoms with Crippen LogP contribution in [0.5, 0.6) is 0 Å². The van der Waals surface area contributed by atoms with Gasteiger partial charge in [-0.25, -0.2) is 0 Å². The Morgan fingerprint density at radius 1 is 0.962 bits per heavy atom. The van der Waals surface area contributed by atoms with E-state index in [4.69, 9.17) is 9.47 Å². The van der Waals surface area contributed by atoms with Crippen molar-refractivity contribution in [2.45, 2.75) is 38.0 Å². The van der Waals surface area contributed by atoms with Gasteiger partial charge in [-0.1, -0.05) is 54.6 Å². The normalized spacial score (nSPS) is 21.5. The Labute approximate surface area is 154 Å². The van der Waals surface area contributed by atoms with Crippen LogP contribution in [0.25, 0.3) is 0 Å². The fourth-order valence-electron chi connectivity index (χ4n) is 3.93. The minimum Gasteiger partial charge on any atom is -0.466 e. The first kappa shape index (κ1) is 18.2. The number of hydrogen-bond acceptors (Lipinski definition) is 4. The average Bonchev–Trinajstić information content (AvgIpc) is 2.68. The molecule has 0 radical (unpaired) electrons. The maximum atomic E-state index is 13.1. The van der Waals surface area contributed by atoms with Crippen molar-refractivity contribution in [3.8, 4) is 0 Å². The van der Waals surface area contributed by atoms with E-state index in [2.05, 4.69) is 0 Å². The molecule has 0 fully saturated rings. The third-order valence-electron chi connectivity index (χ3n) is 5.07.